The predicted molar refractivity (Wildman–Crippen MR) is 77.4 cm³/mol. The number of carbonyl (C=O) groups excluding carboxylic acids is 1. The molecule has 0 saturated heterocycles. The molecule has 2 heterocycles. The van der Waals surface area contributed by atoms with E-state index in [0.717, 1.165) is 0 Å². The lowest BCUT2D eigenvalue weighted by molar-refractivity contribution is 0.102. The van der Waals surface area contributed by atoms with Gasteiger partial charge in [-0.3, -0.25) is 9.59 Å². The van der Waals surface area contributed by atoms with Gasteiger partial charge in [-0.2, -0.15) is 5.10 Å². The van der Waals surface area contributed by atoms with Gasteiger partial charge in [0.05, 0.1) is 11.0 Å². The molecule has 1 amide bonds. The maximum absolute atomic E-state index is 12.0. The van der Waals surface area contributed by atoms with Crippen molar-refractivity contribution in [3.8, 4) is 0 Å². The van der Waals surface area contributed by atoms with E-state index < -0.39 is 11.5 Å². The Morgan fingerprint density at radius 3 is 2.48 bits per heavy atom. The Morgan fingerprint density at radius 1 is 1.10 bits per heavy atom. The number of halogens is 1. The van der Waals surface area contributed by atoms with Crippen LogP contribution in [0.2, 0.25) is 5.15 Å². The highest BCUT2D eigenvalue weighted by atomic mass is 35.5. The molecule has 0 aliphatic rings. The SMILES string of the molecule is O=C(Nc1nc2ccccc2nc1Cl)c1ccc(=O)[nH]n1. The number of fused-ring (bicyclic) bond motifs is 1. The minimum atomic E-state index is -0.544. The van der Waals surface area contributed by atoms with Crippen LogP contribution in [0.1, 0.15) is 10.5 Å². The molecule has 21 heavy (non-hydrogen) atoms. The third-order valence-electron chi connectivity index (χ3n) is 2.67. The zero-order chi connectivity index (χ0) is 14.8. The second-order valence-corrected chi connectivity index (χ2v) is 4.47. The first-order chi connectivity index (χ1) is 10.1. The number of aromatic amines is 1. The third kappa shape index (κ3) is 2.72. The fraction of sp³-hybridized carbons (Fsp3) is 0. The summed E-state index contributed by atoms with van der Waals surface area (Å²) in [5, 5.41) is 8.39. The number of nitrogens with zero attached hydrogens (tertiary/aromatic N) is 3. The van der Waals surface area contributed by atoms with Crippen LogP contribution in [-0.4, -0.2) is 26.1 Å². The van der Waals surface area contributed by atoms with Crippen LogP contribution >= 0.6 is 11.6 Å². The van der Waals surface area contributed by atoms with Crippen molar-refractivity contribution in [1.82, 2.24) is 20.2 Å². The van der Waals surface area contributed by atoms with Gasteiger partial charge in [-0.15, -0.1) is 0 Å². The minimum Gasteiger partial charge on any atom is -0.303 e. The van der Waals surface area contributed by atoms with Crippen molar-refractivity contribution in [2.75, 3.05) is 5.32 Å². The van der Waals surface area contributed by atoms with Crippen molar-refractivity contribution >= 4 is 34.4 Å². The van der Waals surface area contributed by atoms with Crippen LogP contribution in [0.4, 0.5) is 5.82 Å². The Balaban J connectivity index is 1.94. The molecule has 0 saturated carbocycles. The fourth-order valence-corrected chi connectivity index (χ4v) is 1.88. The highest BCUT2D eigenvalue weighted by Gasteiger charge is 2.13. The van der Waals surface area contributed by atoms with E-state index in [1.165, 1.54) is 12.1 Å². The lowest BCUT2D eigenvalue weighted by atomic mass is 10.3. The summed E-state index contributed by atoms with van der Waals surface area (Å²) >= 11 is 5.99. The second-order valence-electron chi connectivity index (χ2n) is 4.11. The molecule has 8 heteroatoms. The molecule has 0 radical (unpaired) electrons. The van der Waals surface area contributed by atoms with Crippen LogP contribution in [-0.2, 0) is 0 Å². The summed E-state index contributed by atoms with van der Waals surface area (Å²) < 4.78 is 0. The van der Waals surface area contributed by atoms with Gasteiger partial charge < -0.3 is 5.32 Å². The Hall–Kier alpha value is -2.80. The normalized spacial score (nSPS) is 10.5. The van der Waals surface area contributed by atoms with Crippen molar-refractivity contribution < 1.29 is 4.79 Å². The van der Waals surface area contributed by atoms with E-state index in [9.17, 15) is 9.59 Å². The first-order valence-corrected chi connectivity index (χ1v) is 6.30. The highest BCUT2D eigenvalue weighted by Crippen LogP contribution is 2.21. The molecule has 3 aromatic rings. The molecule has 0 bridgehead atoms. The number of para-hydroxylation sites is 2. The Morgan fingerprint density at radius 2 is 1.81 bits per heavy atom. The molecule has 0 spiro atoms. The number of benzene rings is 1. The maximum atomic E-state index is 12.0. The molecule has 0 aliphatic carbocycles. The summed E-state index contributed by atoms with van der Waals surface area (Å²) in [6.07, 6.45) is 0. The molecular formula is C13H8ClN5O2. The molecule has 2 aromatic heterocycles. The summed E-state index contributed by atoms with van der Waals surface area (Å²) in [4.78, 5) is 31.3. The van der Waals surface area contributed by atoms with Crippen LogP contribution in [0.3, 0.4) is 0 Å². The number of anilines is 1. The number of hydrogen-bond donors (Lipinski definition) is 2. The molecular weight excluding hydrogens is 294 g/mol. The predicted octanol–water partition coefficient (Wildman–Crippen LogP) is 1.62. The quantitative estimate of drug-likeness (QED) is 0.749. The summed E-state index contributed by atoms with van der Waals surface area (Å²) in [5.41, 5.74) is 0.880. The monoisotopic (exact) mass is 301 g/mol. The largest absolute Gasteiger partial charge is 0.303 e. The van der Waals surface area contributed by atoms with Gasteiger partial charge in [0, 0.05) is 6.07 Å². The number of hydrogen-bond acceptors (Lipinski definition) is 5. The van der Waals surface area contributed by atoms with E-state index in [4.69, 9.17) is 11.6 Å². The van der Waals surface area contributed by atoms with Gasteiger partial charge in [0.2, 0.25) is 0 Å². The summed E-state index contributed by atoms with van der Waals surface area (Å²) in [5.74, 6) is -0.411. The average molecular weight is 302 g/mol. The number of nitrogens with one attached hydrogen (secondary N) is 2. The van der Waals surface area contributed by atoms with Gasteiger partial charge in [-0.05, 0) is 18.2 Å². The Bertz CT molecular complexity index is 873. The molecule has 0 atom stereocenters. The number of aromatic nitrogens is 4. The molecule has 7 nitrogen and oxygen atoms in total. The van der Waals surface area contributed by atoms with E-state index in [-0.39, 0.29) is 16.7 Å². The molecule has 1 aromatic carbocycles. The van der Waals surface area contributed by atoms with Gasteiger partial charge in [-0.25, -0.2) is 15.1 Å². The van der Waals surface area contributed by atoms with Crippen LogP contribution in [0.25, 0.3) is 11.0 Å². The molecule has 3 rings (SSSR count). The zero-order valence-corrected chi connectivity index (χ0v) is 11.3. The maximum Gasteiger partial charge on any atom is 0.277 e. The van der Waals surface area contributed by atoms with E-state index in [2.05, 4.69) is 25.5 Å². The van der Waals surface area contributed by atoms with Gasteiger partial charge in [-0.1, -0.05) is 23.7 Å². The second kappa shape index (κ2) is 5.29. The van der Waals surface area contributed by atoms with Gasteiger partial charge in [0.1, 0.15) is 5.69 Å². The van der Waals surface area contributed by atoms with E-state index in [1.807, 2.05) is 6.07 Å². The first-order valence-electron chi connectivity index (χ1n) is 5.93. The van der Waals surface area contributed by atoms with Crippen molar-refractivity contribution in [1.29, 1.82) is 0 Å². The molecule has 0 fully saturated rings. The van der Waals surface area contributed by atoms with E-state index >= 15 is 0 Å². The topological polar surface area (TPSA) is 101 Å². The fourth-order valence-electron chi connectivity index (χ4n) is 1.70. The smallest absolute Gasteiger partial charge is 0.277 e. The van der Waals surface area contributed by atoms with Crippen LogP contribution in [0, 0.1) is 0 Å². The minimum absolute atomic E-state index is 0.0422. The van der Waals surface area contributed by atoms with Crippen molar-refractivity contribution in [3.05, 3.63) is 57.6 Å². The van der Waals surface area contributed by atoms with Gasteiger partial charge in [0.15, 0.2) is 11.0 Å². The standard InChI is InChI=1S/C13H8ClN5O2/c14-11-12(16-8-4-2-1-3-7(8)15-11)17-13(21)9-5-6-10(20)19-18-9/h1-6H,(H,19,20)(H,16,17,21). The Labute approximate surface area is 123 Å². The van der Waals surface area contributed by atoms with Gasteiger partial charge >= 0.3 is 0 Å². The van der Waals surface area contributed by atoms with E-state index in [0.29, 0.717) is 11.0 Å². The summed E-state index contributed by atoms with van der Waals surface area (Å²) in [7, 11) is 0. The van der Waals surface area contributed by atoms with Crippen molar-refractivity contribution in [2.24, 2.45) is 0 Å². The number of rotatable bonds is 2. The highest BCUT2D eigenvalue weighted by molar-refractivity contribution is 6.32. The zero-order valence-electron chi connectivity index (χ0n) is 10.5. The number of carbonyl (C=O) groups is 1. The third-order valence-corrected chi connectivity index (χ3v) is 2.94. The van der Waals surface area contributed by atoms with Crippen molar-refractivity contribution in [3.63, 3.8) is 0 Å². The number of amides is 1. The molecule has 104 valence electrons. The molecule has 0 aliphatic heterocycles. The van der Waals surface area contributed by atoms with Gasteiger partial charge in [0.25, 0.3) is 11.5 Å². The lowest BCUT2D eigenvalue weighted by Crippen LogP contribution is -2.18. The molecule has 0 unspecified atom stereocenters. The van der Waals surface area contributed by atoms with Crippen LogP contribution < -0.4 is 10.9 Å². The Kier molecular flexibility index (Phi) is 3.33. The van der Waals surface area contributed by atoms with Crippen LogP contribution in [0.15, 0.2) is 41.2 Å². The summed E-state index contributed by atoms with van der Waals surface area (Å²) in [6, 6.07) is 9.65. The number of H-pyrrole nitrogens is 1. The molecule has 2 N–H and O–H groups in total. The van der Waals surface area contributed by atoms with Crippen LogP contribution in [0.5, 0.6) is 0 Å². The summed E-state index contributed by atoms with van der Waals surface area (Å²) in [6.45, 7) is 0. The lowest BCUT2D eigenvalue weighted by Gasteiger charge is -2.06. The van der Waals surface area contributed by atoms with Crippen molar-refractivity contribution in [2.45, 2.75) is 0 Å². The first kappa shape index (κ1) is 13.2. The average Bonchev–Trinajstić information content (AvgIpc) is 2.48. The van der Waals surface area contributed by atoms with E-state index in [1.54, 1.807) is 18.2 Å².